The molecule has 158 valence electrons. The summed E-state index contributed by atoms with van der Waals surface area (Å²) in [5.41, 5.74) is 0.973. The van der Waals surface area contributed by atoms with Crippen LogP contribution in [0.1, 0.15) is 12.8 Å². The van der Waals surface area contributed by atoms with Crippen LogP contribution in [-0.2, 0) is 4.79 Å². The van der Waals surface area contributed by atoms with E-state index in [9.17, 15) is 9.59 Å². The van der Waals surface area contributed by atoms with Gasteiger partial charge in [0.2, 0.25) is 5.91 Å². The third-order valence-electron chi connectivity index (χ3n) is 5.93. The molecule has 1 spiro atoms. The number of hydrogen-bond donors (Lipinski definition) is 2. The number of benzene rings is 2. The third-order valence-corrected chi connectivity index (χ3v) is 5.93. The van der Waals surface area contributed by atoms with Gasteiger partial charge in [-0.15, -0.1) is 0 Å². The quantitative estimate of drug-likeness (QED) is 0.810. The molecule has 4 rings (SSSR count). The van der Waals surface area contributed by atoms with E-state index in [-0.39, 0.29) is 11.9 Å². The molecule has 2 aromatic rings. The number of amides is 3. The predicted octanol–water partition coefficient (Wildman–Crippen LogP) is 2.66. The van der Waals surface area contributed by atoms with Gasteiger partial charge < -0.3 is 29.9 Å². The lowest BCUT2D eigenvalue weighted by Gasteiger charge is -2.43. The first-order valence-electron chi connectivity index (χ1n) is 9.96. The summed E-state index contributed by atoms with van der Waals surface area (Å²) in [6.45, 7) is 1.46. The summed E-state index contributed by atoms with van der Waals surface area (Å²) in [6.07, 6.45) is 1.14. The second-order valence-electron chi connectivity index (χ2n) is 7.44. The highest BCUT2D eigenvalue weighted by molar-refractivity contribution is 5.95. The van der Waals surface area contributed by atoms with E-state index in [1.807, 2.05) is 30.3 Å². The van der Waals surface area contributed by atoms with Crippen molar-refractivity contribution in [1.29, 1.82) is 0 Å². The van der Waals surface area contributed by atoms with Crippen molar-refractivity contribution >= 4 is 23.3 Å². The number of methoxy groups -OCH3 is 2. The van der Waals surface area contributed by atoms with Crippen LogP contribution in [0.3, 0.4) is 0 Å². The fourth-order valence-corrected chi connectivity index (χ4v) is 4.21. The van der Waals surface area contributed by atoms with Crippen LogP contribution in [-0.4, -0.2) is 56.4 Å². The van der Waals surface area contributed by atoms with Crippen molar-refractivity contribution in [1.82, 2.24) is 10.2 Å². The summed E-state index contributed by atoms with van der Waals surface area (Å²) in [6, 6.07) is 15.0. The molecule has 2 saturated heterocycles. The van der Waals surface area contributed by atoms with Crippen LogP contribution in [0.2, 0.25) is 0 Å². The average Bonchev–Trinajstić information content (AvgIpc) is 3.10. The summed E-state index contributed by atoms with van der Waals surface area (Å²) in [4.78, 5) is 29.4. The SMILES string of the molecule is COc1ccc(NC(=O)N2CCC3(CC2)C(=O)NCN3c2ccccc2)c(OC)c1. The van der Waals surface area contributed by atoms with E-state index in [1.165, 1.54) is 0 Å². The maximum Gasteiger partial charge on any atom is 0.321 e. The molecule has 2 aliphatic heterocycles. The first-order chi connectivity index (χ1) is 14.6. The Labute approximate surface area is 175 Å². The van der Waals surface area contributed by atoms with Crippen LogP contribution >= 0.6 is 0 Å². The summed E-state index contributed by atoms with van der Waals surface area (Å²) in [7, 11) is 3.13. The molecular weight excluding hydrogens is 384 g/mol. The number of carbonyl (C=O) groups is 2. The van der Waals surface area contributed by atoms with Gasteiger partial charge in [0, 0.05) is 24.8 Å². The third kappa shape index (κ3) is 3.49. The van der Waals surface area contributed by atoms with Crippen LogP contribution in [0.5, 0.6) is 11.5 Å². The van der Waals surface area contributed by atoms with Crippen molar-refractivity contribution < 1.29 is 19.1 Å². The van der Waals surface area contributed by atoms with Crippen LogP contribution in [0.25, 0.3) is 0 Å². The molecule has 30 heavy (non-hydrogen) atoms. The topological polar surface area (TPSA) is 83.1 Å². The fourth-order valence-electron chi connectivity index (χ4n) is 4.21. The summed E-state index contributed by atoms with van der Waals surface area (Å²) < 4.78 is 10.6. The van der Waals surface area contributed by atoms with Crippen molar-refractivity contribution in [2.75, 3.05) is 44.2 Å². The van der Waals surface area contributed by atoms with E-state index >= 15 is 0 Å². The largest absolute Gasteiger partial charge is 0.497 e. The van der Waals surface area contributed by atoms with Crippen LogP contribution < -0.4 is 25.0 Å². The molecule has 2 heterocycles. The number of piperidine rings is 1. The van der Waals surface area contributed by atoms with Gasteiger partial charge in [-0.2, -0.15) is 0 Å². The van der Waals surface area contributed by atoms with E-state index in [0.717, 1.165) is 5.69 Å². The Morgan fingerprint density at radius 1 is 1.07 bits per heavy atom. The van der Waals surface area contributed by atoms with Crippen molar-refractivity contribution in [3.05, 3.63) is 48.5 Å². The van der Waals surface area contributed by atoms with Crippen molar-refractivity contribution in [2.45, 2.75) is 18.4 Å². The first-order valence-corrected chi connectivity index (χ1v) is 9.96. The molecule has 0 saturated carbocycles. The molecule has 2 N–H and O–H groups in total. The van der Waals surface area contributed by atoms with Crippen LogP contribution in [0.4, 0.5) is 16.2 Å². The lowest BCUT2D eigenvalue weighted by atomic mass is 9.85. The molecule has 0 atom stereocenters. The number of ether oxygens (including phenoxy) is 2. The van der Waals surface area contributed by atoms with Gasteiger partial charge in [-0.3, -0.25) is 4.79 Å². The molecule has 8 nitrogen and oxygen atoms in total. The number of rotatable bonds is 4. The van der Waals surface area contributed by atoms with Gasteiger partial charge in [-0.1, -0.05) is 18.2 Å². The van der Waals surface area contributed by atoms with E-state index in [0.29, 0.717) is 49.8 Å². The predicted molar refractivity (Wildman–Crippen MR) is 114 cm³/mol. The Hall–Kier alpha value is -3.42. The number of likely N-dealkylation sites (tertiary alicyclic amines) is 1. The van der Waals surface area contributed by atoms with Crippen molar-refractivity contribution in [2.24, 2.45) is 0 Å². The zero-order valence-electron chi connectivity index (χ0n) is 17.2. The summed E-state index contributed by atoms with van der Waals surface area (Å²) >= 11 is 0. The van der Waals surface area contributed by atoms with Crippen LogP contribution in [0.15, 0.2) is 48.5 Å². The lowest BCUT2D eigenvalue weighted by molar-refractivity contribution is -0.124. The first kappa shape index (κ1) is 19.9. The highest BCUT2D eigenvalue weighted by Crippen LogP contribution is 2.36. The molecule has 2 fully saturated rings. The molecule has 0 aromatic heterocycles. The molecule has 2 aromatic carbocycles. The van der Waals surface area contributed by atoms with Gasteiger partial charge in [-0.25, -0.2) is 4.79 Å². The number of nitrogens with zero attached hydrogens (tertiary/aromatic N) is 2. The van der Waals surface area contributed by atoms with Gasteiger partial charge >= 0.3 is 6.03 Å². The van der Waals surface area contributed by atoms with Gasteiger partial charge in [0.1, 0.15) is 17.0 Å². The van der Waals surface area contributed by atoms with Gasteiger partial charge in [0.25, 0.3) is 0 Å². The van der Waals surface area contributed by atoms with E-state index in [4.69, 9.17) is 9.47 Å². The smallest absolute Gasteiger partial charge is 0.321 e. The fraction of sp³-hybridized carbons (Fsp3) is 0.364. The molecule has 3 amide bonds. The van der Waals surface area contributed by atoms with Gasteiger partial charge in [-0.05, 0) is 37.1 Å². The second-order valence-corrected chi connectivity index (χ2v) is 7.44. The Morgan fingerprint density at radius 3 is 2.47 bits per heavy atom. The maximum atomic E-state index is 12.8. The lowest BCUT2D eigenvalue weighted by Crippen LogP contribution is -2.57. The highest BCUT2D eigenvalue weighted by atomic mass is 16.5. The number of para-hydroxylation sites is 1. The summed E-state index contributed by atoms with van der Waals surface area (Å²) in [5, 5.41) is 5.89. The Bertz CT molecular complexity index is 926. The highest BCUT2D eigenvalue weighted by Gasteiger charge is 2.50. The zero-order chi connectivity index (χ0) is 21.1. The molecule has 0 unspecified atom stereocenters. The number of urea groups is 1. The number of nitrogens with one attached hydrogen (secondary N) is 2. The van der Waals surface area contributed by atoms with Crippen molar-refractivity contribution in [3.63, 3.8) is 0 Å². The van der Waals surface area contributed by atoms with E-state index < -0.39 is 5.54 Å². The molecule has 2 aliphatic rings. The standard InChI is InChI=1S/C22H26N4O4/c1-29-17-8-9-18(19(14-17)30-2)24-21(28)25-12-10-22(11-13-25)20(27)23-15-26(22)16-6-4-3-5-7-16/h3-9,14H,10-13,15H2,1-2H3,(H,23,27)(H,24,28). The molecule has 0 bridgehead atoms. The number of hydrogen-bond acceptors (Lipinski definition) is 5. The average molecular weight is 410 g/mol. The minimum Gasteiger partial charge on any atom is -0.497 e. The number of anilines is 2. The molecular formula is C22H26N4O4. The molecule has 8 heteroatoms. The normalized spacial score (nSPS) is 17.6. The van der Waals surface area contributed by atoms with E-state index in [2.05, 4.69) is 15.5 Å². The second kappa shape index (κ2) is 8.14. The molecule has 0 aliphatic carbocycles. The minimum atomic E-state index is -0.615. The van der Waals surface area contributed by atoms with Crippen LogP contribution in [0, 0.1) is 0 Å². The van der Waals surface area contributed by atoms with Crippen molar-refractivity contribution in [3.8, 4) is 11.5 Å². The maximum absolute atomic E-state index is 12.8. The Kier molecular flexibility index (Phi) is 5.39. The van der Waals surface area contributed by atoms with Gasteiger partial charge in [0.15, 0.2) is 0 Å². The summed E-state index contributed by atoms with van der Waals surface area (Å²) in [5.74, 6) is 1.21. The minimum absolute atomic E-state index is 0.0308. The monoisotopic (exact) mass is 410 g/mol. The zero-order valence-corrected chi connectivity index (χ0v) is 17.2. The Balaban J connectivity index is 1.45. The molecule has 0 radical (unpaired) electrons. The van der Waals surface area contributed by atoms with Gasteiger partial charge in [0.05, 0.1) is 26.6 Å². The van der Waals surface area contributed by atoms with E-state index in [1.54, 1.807) is 37.3 Å². The Morgan fingerprint density at radius 2 is 1.80 bits per heavy atom. The number of carbonyl (C=O) groups excluding carboxylic acids is 2.